The van der Waals surface area contributed by atoms with Crippen LogP contribution in [0.25, 0.3) is 0 Å². The number of ether oxygens (including phenoxy) is 1. The Morgan fingerprint density at radius 3 is 1.04 bits per heavy atom. The van der Waals surface area contributed by atoms with Gasteiger partial charge in [-0.25, -0.2) is 0 Å². The molecule has 0 unspecified atom stereocenters. The first kappa shape index (κ1) is 49.5. The van der Waals surface area contributed by atoms with Crippen LogP contribution < -0.4 is 0 Å². The third-order valence-electron chi connectivity index (χ3n) is 1.55. The molecule has 0 saturated carbocycles. The highest BCUT2D eigenvalue weighted by Gasteiger charge is 1.85. The van der Waals surface area contributed by atoms with E-state index >= 15 is 0 Å². The predicted molar refractivity (Wildman–Crippen MR) is 122 cm³/mol. The predicted octanol–water partition coefficient (Wildman–Crippen LogP) is 6.39. The molecule has 0 saturated heterocycles. The van der Waals surface area contributed by atoms with Gasteiger partial charge in [-0.1, -0.05) is 32.6 Å². The van der Waals surface area contributed by atoms with Gasteiger partial charge < -0.3 is 14.9 Å². The maximum Gasteiger partial charge on any atom is 0.0662 e. The third-order valence-corrected chi connectivity index (χ3v) is 1.55. The van der Waals surface area contributed by atoms with Gasteiger partial charge in [-0.15, -0.1) is 78.9 Å². The molecule has 3 nitrogen and oxygen atoms in total. The van der Waals surface area contributed by atoms with Crippen LogP contribution in [0.1, 0.15) is 39.0 Å². The molecule has 0 atom stereocenters. The van der Waals surface area contributed by atoms with Crippen molar-refractivity contribution < 1.29 is 14.9 Å². The Balaban J connectivity index is -0.0000000256. The Morgan fingerprint density at radius 2 is 0.840 bits per heavy atom. The van der Waals surface area contributed by atoms with Crippen molar-refractivity contribution in [3.8, 4) is 0 Å². The highest BCUT2D eigenvalue weighted by atomic mass is 16.5. The highest BCUT2D eigenvalue weighted by Crippen LogP contribution is 2.01. The zero-order valence-corrected chi connectivity index (χ0v) is 17.4. The average molecular weight is 361 g/mol. The van der Waals surface area contributed by atoms with E-state index in [1.165, 1.54) is 32.1 Å². The van der Waals surface area contributed by atoms with Crippen LogP contribution >= 0.6 is 0 Å². The molecule has 0 aliphatic heterocycles. The normalized spacial score (nSPS) is 5.76. The summed E-state index contributed by atoms with van der Waals surface area (Å²) in [6.45, 7) is 38.9. The van der Waals surface area contributed by atoms with Gasteiger partial charge in [0.05, 0.1) is 13.2 Å². The quantitative estimate of drug-likeness (QED) is 0.408. The first-order chi connectivity index (χ1) is 12.3. The summed E-state index contributed by atoms with van der Waals surface area (Å²) < 4.78 is 4.92. The molecular weight excluding hydrogens is 312 g/mol. The van der Waals surface area contributed by atoms with Gasteiger partial charge in [0.2, 0.25) is 0 Å². The third kappa shape index (κ3) is 326. The first-order valence-electron chi connectivity index (χ1n) is 8.04. The van der Waals surface area contributed by atoms with Crippen LogP contribution in [0, 0.1) is 0 Å². The van der Waals surface area contributed by atoms with E-state index in [1.807, 2.05) is 0 Å². The first-order valence-corrected chi connectivity index (χ1v) is 8.04. The van der Waals surface area contributed by atoms with Gasteiger partial charge in [0.15, 0.2) is 0 Å². The van der Waals surface area contributed by atoms with Gasteiger partial charge >= 0.3 is 0 Å². The summed E-state index contributed by atoms with van der Waals surface area (Å²) in [5.74, 6) is 0. The molecule has 3 heteroatoms. The van der Waals surface area contributed by atoms with E-state index in [2.05, 4.69) is 85.9 Å². The molecule has 154 valence electrons. The number of aliphatic hydroxyl groups excluding tert-OH is 2. The fourth-order valence-corrected chi connectivity index (χ4v) is 0.850. The smallest absolute Gasteiger partial charge is 0.0662 e. The van der Waals surface area contributed by atoms with Crippen molar-refractivity contribution in [3.05, 3.63) is 78.9 Å². The largest absolute Gasteiger partial charge is 0.394 e. The zero-order chi connectivity index (χ0) is 22.4. The Labute approximate surface area is 160 Å². The fraction of sp³-hybridized carbons (Fsp3) is 0.455. The molecule has 0 heterocycles. The minimum absolute atomic E-state index is 0.125. The van der Waals surface area contributed by atoms with E-state index in [0.29, 0.717) is 0 Å². The summed E-state index contributed by atoms with van der Waals surface area (Å²) in [6, 6.07) is 0. The Morgan fingerprint density at radius 1 is 0.560 bits per heavy atom. The van der Waals surface area contributed by atoms with Crippen LogP contribution in [0.5, 0.6) is 0 Å². The standard InChI is InChI=1S/C8H18O.C2H6O2.6C2H4/c1-3-4-5-6-7-8-9-2;3-1-2-4;6*1-2/h3-8H2,1-2H3;3-4H,1-2H2;6*1-2H2. The van der Waals surface area contributed by atoms with E-state index in [4.69, 9.17) is 14.9 Å². The average Bonchev–Trinajstić information content (AvgIpc) is 2.77. The van der Waals surface area contributed by atoms with Gasteiger partial charge in [0, 0.05) is 13.7 Å². The SMILES string of the molecule is C=C.C=C.C=C.C=C.C=C.C=C.CCCCCCCOC.OCCO. The van der Waals surface area contributed by atoms with E-state index in [-0.39, 0.29) is 13.2 Å². The molecular formula is C22H48O3. The van der Waals surface area contributed by atoms with Crippen LogP contribution in [-0.4, -0.2) is 37.1 Å². The molecule has 0 aliphatic rings. The summed E-state index contributed by atoms with van der Waals surface area (Å²) in [4.78, 5) is 0. The molecule has 2 N–H and O–H groups in total. The molecule has 0 aromatic carbocycles. The van der Waals surface area contributed by atoms with Crippen molar-refractivity contribution in [2.45, 2.75) is 39.0 Å². The van der Waals surface area contributed by atoms with Gasteiger partial charge in [-0.05, 0) is 6.42 Å². The molecule has 0 bridgehead atoms. The fourth-order valence-electron chi connectivity index (χ4n) is 0.850. The second-order valence-electron chi connectivity index (χ2n) is 2.85. The van der Waals surface area contributed by atoms with Gasteiger partial charge in [0.25, 0.3) is 0 Å². The van der Waals surface area contributed by atoms with Crippen molar-refractivity contribution in [1.29, 1.82) is 0 Å². The van der Waals surface area contributed by atoms with Crippen LogP contribution in [0.2, 0.25) is 0 Å². The van der Waals surface area contributed by atoms with Crippen molar-refractivity contribution in [1.82, 2.24) is 0 Å². The van der Waals surface area contributed by atoms with Crippen LogP contribution in [0.4, 0.5) is 0 Å². The maximum atomic E-state index is 7.62. The minimum Gasteiger partial charge on any atom is -0.394 e. The second kappa shape index (κ2) is 189. The van der Waals surface area contributed by atoms with Crippen molar-refractivity contribution in [2.75, 3.05) is 26.9 Å². The van der Waals surface area contributed by atoms with Crippen LogP contribution in [0.15, 0.2) is 78.9 Å². The molecule has 0 aromatic heterocycles. The Kier molecular flexibility index (Phi) is 375. The lowest BCUT2D eigenvalue weighted by Gasteiger charge is -1.97. The number of hydrogen-bond donors (Lipinski definition) is 2. The monoisotopic (exact) mass is 360 g/mol. The summed E-state index contributed by atoms with van der Waals surface area (Å²) in [5.41, 5.74) is 0. The molecule has 0 aromatic rings. The van der Waals surface area contributed by atoms with Gasteiger partial charge in [-0.2, -0.15) is 0 Å². The van der Waals surface area contributed by atoms with Crippen molar-refractivity contribution >= 4 is 0 Å². The Bertz CT molecular complexity index is 107. The second-order valence-corrected chi connectivity index (χ2v) is 2.85. The lowest BCUT2D eigenvalue weighted by molar-refractivity contribution is 0.186. The summed E-state index contributed by atoms with van der Waals surface area (Å²) in [7, 11) is 1.76. The van der Waals surface area contributed by atoms with Crippen LogP contribution in [-0.2, 0) is 4.74 Å². The highest BCUT2D eigenvalue weighted by molar-refractivity contribution is 4.40. The number of hydrogen-bond acceptors (Lipinski definition) is 3. The number of aliphatic hydroxyl groups is 2. The molecule has 0 radical (unpaired) electrons. The van der Waals surface area contributed by atoms with E-state index in [0.717, 1.165) is 6.61 Å². The summed E-state index contributed by atoms with van der Waals surface area (Å²) in [5, 5.41) is 15.2. The molecule has 0 fully saturated rings. The summed E-state index contributed by atoms with van der Waals surface area (Å²) in [6.07, 6.45) is 6.65. The van der Waals surface area contributed by atoms with Crippen molar-refractivity contribution in [2.24, 2.45) is 0 Å². The van der Waals surface area contributed by atoms with Gasteiger partial charge in [0.1, 0.15) is 0 Å². The maximum absolute atomic E-state index is 7.62. The van der Waals surface area contributed by atoms with E-state index < -0.39 is 0 Å². The zero-order valence-electron chi connectivity index (χ0n) is 17.4. The number of rotatable bonds is 7. The lowest BCUT2D eigenvalue weighted by atomic mass is 10.2. The van der Waals surface area contributed by atoms with E-state index in [9.17, 15) is 0 Å². The molecule has 0 aliphatic carbocycles. The number of methoxy groups -OCH3 is 1. The molecule has 25 heavy (non-hydrogen) atoms. The molecule has 0 rings (SSSR count). The topological polar surface area (TPSA) is 49.7 Å². The van der Waals surface area contributed by atoms with Crippen molar-refractivity contribution in [3.63, 3.8) is 0 Å². The molecule has 0 spiro atoms. The van der Waals surface area contributed by atoms with E-state index in [1.54, 1.807) is 7.11 Å². The van der Waals surface area contributed by atoms with Crippen LogP contribution in [0.3, 0.4) is 0 Å². The summed E-state index contributed by atoms with van der Waals surface area (Å²) >= 11 is 0. The number of unbranched alkanes of at least 4 members (excludes halogenated alkanes) is 4. The lowest BCUT2D eigenvalue weighted by Crippen LogP contribution is -1.87. The minimum atomic E-state index is -0.125. The van der Waals surface area contributed by atoms with Gasteiger partial charge in [-0.3, -0.25) is 0 Å². The molecule has 0 amide bonds. The Hall–Kier alpha value is -1.68.